The second-order valence-electron chi connectivity index (χ2n) is 7.39. The van der Waals surface area contributed by atoms with Gasteiger partial charge in [0.1, 0.15) is 47.6 Å². The summed E-state index contributed by atoms with van der Waals surface area (Å²) in [7, 11) is 0. The van der Waals surface area contributed by atoms with Crippen LogP contribution in [0.15, 0.2) is 55.0 Å². The van der Waals surface area contributed by atoms with Crippen molar-refractivity contribution < 1.29 is 19.0 Å². The first-order chi connectivity index (χ1) is 16.9. The van der Waals surface area contributed by atoms with Crippen LogP contribution in [0.3, 0.4) is 0 Å². The smallest absolute Gasteiger partial charge is 0.141 e. The second-order valence-corrected chi connectivity index (χ2v) is 8.71. The molecule has 0 amide bonds. The number of nitrogens with one attached hydrogen (secondary N) is 2. The minimum Gasteiger partial charge on any atom is -0.488 e. The summed E-state index contributed by atoms with van der Waals surface area (Å²) in [6, 6.07) is 10.9. The minimum absolute atomic E-state index is 0.0968. The lowest BCUT2D eigenvalue weighted by Crippen LogP contribution is -2.15. The molecule has 0 fully saturated rings. The molecule has 0 atom stereocenters. The molecule has 0 unspecified atom stereocenters. The number of nitrogen functional groups attached to an aromatic ring is 1. The summed E-state index contributed by atoms with van der Waals surface area (Å²) in [5.41, 5.74) is 6.97. The summed E-state index contributed by atoms with van der Waals surface area (Å²) >= 11 is 1.52. The van der Waals surface area contributed by atoms with Gasteiger partial charge < -0.3 is 25.6 Å². The van der Waals surface area contributed by atoms with Gasteiger partial charge in [0.2, 0.25) is 0 Å². The number of aromatic nitrogens is 3. The van der Waals surface area contributed by atoms with Crippen molar-refractivity contribution in [2.45, 2.75) is 13.5 Å². The molecule has 0 radical (unpaired) electrons. The summed E-state index contributed by atoms with van der Waals surface area (Å²) in [5, 5.41) is 21.5. The van der Waals surface area contributed by atoms with Gasteiger partial charge in [-0.3, -0.25) is 5.41 Å². The topological polar surface area (TPSA) is 139 Å². The highest BCUT2D eigenvalue weighted by atomic mass is 32.1. The molecule has 11 heteroatoms. The summed E-state index contributed by atoms with van der Waals surface area (Å²) in [6.07, 6.45) is 3.02. The number of hydrogen-bond acceptors (Lipinski definition) is 10. The van der Waals surface area contributed by atoms with Crippen molar-refractivity contribution in [3.05, 3.63) is 81.8 Å². The molecule has 5 N–H and O–H groups in total. The van der Waals surface area contributed by atoms with Crippen molar-refractivity contribution in [1.29, 1.82) is 5.41 Å². The van der Waals surface area contributed by atoms with Gasteiger partial charge in [0.25, 0.3) is 0 Å². The molecule has 0 saturated carbocycles. The summed E-state index contributed by atoms with van der Waals surface area (Å²) in [5.74, 6) is 1.08. The molecule has 180 valence electrons. The molecule has 0 saturated heterocycles. The lowest BCUT2D eigenvalue weighted by atomic mass is 10.0. The Kier molecular flexibility index (Phi) is 7.48. The second kappa shape index (κ2) is 10.9. The average molecular weight is 495 g/mol. The Morgan fingerprint density at radius 2 is 1.89 bits per heavy atom. The number of aliphatic hydroxyl groups excluding tert-OH is 1. The Morgan fingerprint density at radius 1 is 1.11 bits per heavy atom. The summed E-state index contributed by atoms with van der Waals surface area (Å²) in [6.45, 7) is 2.35. The fraction of sp³-hybridized carbons (Fsp3) is 0.167. The van der Waals surface area contributed by atoms with E-state index in [1.165, 1.54) is 29.8 Å². The van der Waals surface area contributed by atoms with Gasteiger partial charge in [0.05, 0.1) is 27.8 Å². The van der Waals surface area contributed by atoms with Crippen LogP contribution in [0.5, 0.6) is 17.2 Å². The van der Waals surface area contributed by atoms with Gasteiger partial charge in [0.15, 0.2) is 0 Å². The normalized spacial score (nSPS) is 10.7. The number of halogens is 1. The van der Waals surface area contributed by atoms with E-state index in [0.717, 1.165) is 9.88 Å². The van der Waals surface area contributed by atoms with Gasteiger partial charge in [-0.25, -0.2) is 19.3 Å². The monoisotopic (exact) mass is 494 g/mol. The fourth-order valence-electron chi connectivity index (χ4n) is 3.23. The number of ether oxygens (including phenoxy) is 2. The van der Waals surface area contributed by atoms with Gasteiger partial charge in [-0.15, -0.1) is 11.3 Å². The summed E-state index contributed by atoms with van der Waals surface area (Å²) < 4.78 is 25.6. The van der Waals surface area contributed by atoms with Crippen LogP contribution in [-0.4, -0.2) is 38.9 Å². The first-order valence-corrected chi connectivity index (χ1v) is 11.4. The average Bonchev–Trinajstić information content (AvgIpc) is 3.26. The SMILES string of the molecule is Cc1ncc(COc2cc(F)cc(Oc3ccc(C(=N)c4c(N)ncnc4NCCO)cc3)c2)s1. The van der Waals surface area contributed by atoms with Crippen LogP contribution in [0.2, 0.25) is 0 Å². The number of benzene rings is 2. The maximum absolute atomic E-state index is 14.1. The van der Waals surface area contributed by atoms with Crippen LogP contribution >= 0.6 is 11.3 Å². The van der Waals surface area contributed by atoms with Crippen LogP contribution in [0.4, 0.5) is 16.0 Å². The Hall–Kier alpha value is -4.09. The van der Waals surface area contributed by atoms with E-state index in [-0.39, 0.29) is 37.0 Å². The van der Waals surface area contributed by atoms with Crippen LogP contribution in [0.25, 0.3) is 0 Å². The number of nitrogens with two attached hydrogens (primary N) is 1. The Morgan fingerprint density at radius 3 is 2.60 bits per heavy atom. The highest BCUT2D eigenvalue weighted by Crippen LogP contribution is 2.29. The number of nitrogens with zero attached hydrogens (tertiary/aromatic N) is 3. The zero-order valence-electron chi connectivity index (χ0n) is 18.8. The molecular formula is C24H23FN6O3S. The number of hydrogen-bond donors (Lipinski definition) is 4. The van der Waals surface area contributed by atoms with Gasteiger partial charge in [-0.1, -0.05) is 0 Å². The minimum atomic E-state index is -0.487. The third kappa shape index (κ3) is 6.08. The Labute approximate surface area is 204 Å². The molecule has 0 aliphatic heterocycles. The number of rotatable bonds is 10. The van der Waals surface area contributed by atoms with E-state index in [2.05, 4.69) is 20.3 Å². The number of thiazole rings is 1. The highest BCUT2D eigenvalue weighted by molar-refractivity contribution is 7.11. The molecule has 2 aromatic carbocycles. The Balaban J connectivity index is 1.47. The fourth-order valence-corrected chi connectivity index (χ4v) is 3.94. The maximum Gasteiger partial charge on any atom is 0.141 e. The zero-order valence-corrected chi connectivity index (χ0v) is 19.6. The molecule has 0 aliphatic rings. The molecule has 0 bridgehead atoms. The molecule has 0 aliphatic carbocycles. The number of aliphatic hydroxyl groups is 1. The van der Waals surface area contributed by atoms with E-state index in [1.807, 2.05) is 6.92 Å². The molecule has 4 rings (SSSR count). The Bertz CT molecular complexity index is 1330. The van der Waals surface area contributed by atoms with Gasteiger partial charge in [0, 0.05) is 36.5 Å². The van der Waals surface area contributed by atoms with Crippen molar-refractivity contribution in [3.63, 3.8) is 0 Å². The molecule has 4 aromatic rings. The van der Waals surface area contributed by atoms with Crippen molar-refractivity contribution >= 4 is 28.7 Å². The highest BCUT2D eigenvalue weighted by Gasteiger charge is 2.16. The van der Waals surface area contributed by atoms with E-state index >= 15 is 0 Å². The lowest BCUT2D eigenvalue weighted by Gasteiger charge is -2.13. The van der Waals surface area contributed by atoms with Crippen LogP contribution in [-0.2, 0) is 6.61 Å². The van der Waals surface area contributed by atoms with Gasteiger partial charge in [-0.05, 0) is 31.2 Å². The van der Waals surface area contributed by atoms with Gasteiger partial charge in [-0.2, -0.15) is 0 Å². The third-order valence-electron chi connectivity index (χ3n) is 4.80. The molecular weight excluding hydrogens is 471 g/mol. The van der Waals surface area contributed by atoms with Crippen molar-refractivity contribution in [3.8, 4) is 17.2 Å². The van der Waals surface area contributed by atoms with Crippen LogP contribution in [0.1, 0.15) is 21.0 Å². The number of anilines is 2. The maximum atomic E-state index is 14.1. The van der Waals surface area contributed by atoms with Crippen molar-refractivity contribution in [2.24, 2.45) is 0 Å². The number of aryl methyl sites for hydroxylation is 1. The van der Waals surface area contributed by atoms with E-state index in [1.54, 1.807) is 36.5 Å². The third-order valence-corrected chi connectivity index (χ3v) is 5.69. The van der Waals surface area contributed by atoms with Crippen LogP contribution in [0, 0.1) is 18.2 Å². The van der Waals surface area contributed by atoms with Crippen LogP contribution < -0.4 is 20.5 Å². The lowest BCUT2D eigenvalue weighted by molar-refractivity contribution is 0.306. The van der Waals surface area contributed by atoms with E-state index in [4.69, 9.17) is 25.7 Å². The molecule has 35 heavy (non-hydrogen) atoms. The van der Waals surface area contributed by atoms with Crippen molar-refractivity contribution in [2.75, 3.05) is 24.2 Å². The first kappa shape index (κ1) is 24.0. The molecule has 0 spiro atoms. The zero-order chi connectivity index (χ0) is 24.8. The van der Waals surface area contributed by atoms with E-state index in [9.17, 15) is 4.39 Å². The molecule has 2 heterocycles. The standard InChI is InChI=1S/C24H23FN6O3S/c1-14-29-11-20(35-14)12-33-18-8-16(25)9-19(10-18)34-17-4-2-15(3-5-17)22(26)21-23(27)30-13-31-24(21)28-6-7-32/h2-5,8-11,13,26,32H,6-7,12H2,1H3,(H3,27,28,30,31). The largest absolute Gasteiger partial charge is 0.488 e. The molecule has 2 aromatic heterocycles. The summed E-state index contributed by atoms with van der Waals surface area (Å²) in [4.78, 5) is 13.2. The predicted molar refractivity (Wildman–Crippen MR) is 132 cm³/mol. The quantitative estimate of drug-likeness (QED) is 0.241. The van der Waals surface area contributed by atoms with Crippen molar-refractivity contribution in [1.82, 2.24) is 15.0 Å². The predicted octanol–water partition coefficient (Wildman–Crippen LogP) is 4.15. The van der Waals surface area contributed by atoms with E-state index < -0.39 is 5.82 Å². The van der Waals surface area contributed by atoms with Gasteiger partial charge >= 0.3 is 0 Å². The van der Waals surface area contributed by atoms with E-state index in [0.29, 0.717) is 28.4 Å². The molecule has 9 nitrogen and oxygen atoms in total. The first-order valence-electron chi connectivity index (χ1n) is 10.6.